The number of benzene rings is 2. The molecule has 1 heterocycles. The number of pyridine rings is 1. The Morgan fingerprint density at radius 2 is 1.67 bits per heavy atom. The van der Waals surface area contributed by atoms with Gasteiger partial charge in [0.25, 0.3) is 0 Å². The molecular formula is C21H21BrN2. The van der Waals surface area contributed by atoms with Gasteiger partial charge in [0.05, 0.1) is 0 Å². The molecule has 0 aliphatic rings. The van der Waals surface area contributed by atoms with Gasteiger partial charge in [-0.15, -0.1) is 0 Å². The van der Waals surface area contributed by atoms with E-state index in [1.54, 1.807) is 0 Å². The van der Waals surface area contributed by atoms with Crippen molar-refractivity contribution in [1.29, 1.82) is 0 Å². The van der Waals surface area contributed by atoms with Crippen LogP contribution >= 0.6 is 15.9 Å². The zero-order valence-corrected chi connectivity index (χ0v) is 15.4. The molecule has 0 saturated carbocycles. The van der Waals surface area contributed by atoms with Crippen LogP contribution in [0.3, 0.4) is 0 Å². The van der Waals surface area contributed by atoms with Crippen LogP contribution in [0.25, 0.3) is 11.1 Å². The van der Waals surface area contributed by atoms with E-state index in [0.29, 0.717) is 0 Å². The molecule has 1 N–H and O–H groups in total. The fourth-order valence-corrected chi connectivity index (χ4v) is 3.13. The predicted octanol–water partition coefficient (Wildman–Crippen LogP) is 5.15. The molecule has 24 heavy (non-hydrogen) atoms. The van der Waals surface area contributed by atoms with Gasteiger partial charge in [-0.1, -0.05) is 64.5 Å². The van der Waals surface area contributed by atoms with E-state index in [4.69, 9.17) is 0 Å². The van der Waals surface area contributed by atoms with E-state index in [1.165, 1.54) is 22.3 Å². The van der Waals surface area contributed by atoms with E-state index < -0.39 is 0 Å². The molecule has 2 nitrogen and oxygen atoms in total. The van der Waals surface area contributed by atoms with Crippen LogP contribution < -0.4 is 5.32 Å². The monoisotopic (exact) mass is 380 g/mol. The zero-order chi connectivity index (χ0) is 16.8. The summed E-state index contributed by atoms with van der Waals surface area (Å²) < 4.78 is 1.15. The molecule has 3 heteroatoms. The molecule has 2 aromatic carbocycles. The maximum absolute atomic E-state index is 4.57. The van der Waals surface area contributed by atoms with Crippen LogP contribution in [0.1, 0.15) is 16.8 Å². The number of aryl methyl sites for hydroxylation is 1. The highest BCUT2D eigenvalue weighted by atomic mass is 79.9. The van der Waals surface area contributed by atoms with Crippen LogP contribution in [-0.4, -0.2) is 11.5 Å². The Labute approximate surface area is 152 Å². The molecule has 0 fully saturated rings. The number of aromatic nitrogens is 1. The minimum atomic E-state index is 0.867. The molecule has 0 radical (unpaired) electrons. The van der Waals surface area contributed by atoms with Gasteiger partial charge >= 0.3 is 0 Å². The first-order chi connectivity index (χ1) is 11.7. The first-order valence-corrected chi connectivity index (χ1v) is 8.98. The summed E-state index contributed by atoms with van der Waals surface area (Å²) >= 11 is 3.59. The normalized spacial score (nSPS) is 10.8. The van der Waals surface area contributed by atoms with Crippen LogP contribution in [0.2, 0.25) is 0 Å². The number of nitrogens with zero attached hydrogens (tertiary/aromatic N) is 1. The molecule has 1 aromatic heterocycles. The second kappa shape index (κ2) is 8.22. The highest BCUT2D eigenvalue weighted by Gasteiger charge is 2.04. The molecule has 0 aliphatic heterocycles. The van der Waals surface area contributed by atoms with E-state index in [9.17, 15) is 0 Å². The van der Waals surface area contributed by atoms with Crippen molar-refractivity contribution >= 4 is 15.9 Å². The van der Waals surface area contributed by atoms with Gasteiger partial charge in [0, 0.05) is 28.5 Å². The van der Waals surface area contributed by atoms with Gasteiger partial charge in [0.2, 0.25) is 0 Å². The Bertz CT molecular complexity index is 800. The van der Waals surface area contributed by atoms with Gasteiger partial charge < -0.3 is 5.32 Å². The topological polar surface area (TPSA) is 24.9 Å². The smallest absolute Gasteiger partial charge is 0.0405 e. The lowest BCUT2D eigenvalue weighted by molar-refractivity contribution is 0.682. The minimum Gasteiger partial charge on any atom is -0.312 e. The first-order valence-electron chi connectivity index (χ1n) is 8.19. The number of nitrogens with one attached hydrogen (secondary N) is 1. The predicted molar refractivity (Wildman–Crippen MR) is 104 cm³/mol. The molecule has 0 atom stereocenters. The molecular weight excluding hydrogens is 360 g/mol. The van der Waals surface area contributed by atoms with E-state index in [2.05, 4.69) is 81.7 Å². The van der Waals surface area contributed by atoms with Crippen LogP contribution in [0.15, 0.2) is 71.3 Å². The minimum absolute atomic E-state index is 0.867. The van der Waals surface area contributed by atoms with Crippen molar-refractivity contribution in [2.24, 2.45) is 0 Å². The summed E-state index contributed by atoms with van der Waals surface area (Å²) in [5, 5.41) is 3.52. The van der Waals surface area contributed by atoms with Crippen molar-refractivity contribution in [3.05, 3.63) is 88.2 Å². The average molecular weight is 381 g/mol. The summed E-state index contributed by atoms with van der Waals surface area (Å²) in [6.45, 7) is 3.88. The van der Waals surface area contributed by atoms with Crippen LogP contribution in [-0.2, 0) is 13.0 Å². The van der Waals surface area contributed by atoms with Crippen LogP contribution in [0, 0.1) is 6.92 Å². The van der Waals surface area contributed by atoms with E-state index >= 15 is 0 Å². The number of rotatable bonds is 6. The summed E-state index contributed by atoms with van der Waals surface area (Å²) in [6.07, 6.45) is 2.94. The maximum Gasteiger partial charge on any atom is 0.0405 e. The standard InChI is InChI=1S/C21H21BrN2/c1-16-18(11-12-23-14-19-9-5-6-10-21(19)22)13-20(15-24-16)17-7-3-2-4-8-17/h2-10,13,15,23H,11-12,14H2,1H3. The Kier molecular flexibility index (Phi) is 5.78. The molecule has 0 spiro atoms. The number of hydrogen-bond acceptors (Lipinski definition) is 2. The molecule has 3 rings (SSSR count). The molecule has 0 amide bonds. The van der Waals surface area contributed by atoms with Crippen molar-refractivity contribution in [1.82, 2.24) is 10.3 Å². The Morgan fingerprint density at radius 1 is 0.917 bits per heavy atom. The van der Waals surface area contributed by atoms with Crippen molar-refractivity contribution in [3.8, 4) is 11.1 Å². The third-order valence-electron chi connectivity index (χ3n) is 4.14. The lowest BCUT2D eigenvalue weighted by Gasteiger charge is -2.10. The first kappa shape index (κ1) is 16.9. The third kappa shape index (κ3) is 4.31. The second-order valence-electron chi connectivity index (χ2n) is 5.85. The number of hydrogen-bond donors (Lipinski definition) is 1. The maximum atomic E-state index is 4.57. The van der Waals surface area contributed by atoms with E-state index in [-0.39, 0.29) is 0 Å². The van der Waals surface area contributed by atoms with Crippen molar-refractivity contribution in [2.45, 2.75) is 19.9 Å². The van der Waals surface area contributed by atoms with Gasteiger partial charge in [0.1, 0.15) is 0 Å². The van der Waals surface area contributed by atoms with Crippen LogP contribution in [0.5, 0.6) is 0 Å². The van der Waals surface area contributed by atoms with Crippen LogP contribution in [0.4, 0.5) is 0 Å². The van der Waals surface area contributed by atoms with Gasteiger partial charge in [0.15, 0.2) is 0 Å². The van der Waals surface area contributed by atoms with E-state index in [1.807, 2.05) is 18.3 Å². The summed E-state index contributed by atoms with van der Waals surface area (Å²) in [7, 11) is 0. The largest absolute Gasteiger partial charge is 0.312 e. The van der Waals surface area contributed by atoms with Gasteiger partial charge in [-0.3, -0.25) is 4.98 Å². The Hall–Kier alpha value is -1.97. The van der Waals surface area contributed by atoms with E-state index in [0.717, 1.165) is 29.7 Å². The zero-order valence-electron chi connectivity index (χ0n) is 13.8. The Balaban J connectivity index is 1.62. The lowest BCUT2D eigenvalue weighted by Crippen LogP contribution is -2.17. The fourth-order valence-electron chi connectivity index (χ4n) is 2.71. The molecule has 0 bridgehead atoms. The fraction of sp³-hybridized carbons (Fsp3) is 0.190. The number of halogens is 1. The highest BCUT2D eigenvalue weighted by molar-refractivity contribution is 9.10. The van der Waals surface area contributed by atoms with Gasteiger partial charge in [-0.2, -0.15) is 0 Å². The summed E-state index contributed by atoms with van der Waals surface area (Å²) in [6, 6.07) is 21.0. The molecule has 3 aromatic rings. The second-order valence-corrected chi connectivity index (χ2v) is 6.71. The average Bonchev–Trinajstić information content (AvgIpc) is 2.62. The van der Waals surface area contributed by atoms with Crippen molar-refractivity contribution in [3.63, 3.8) is 0 Å². The molecule has 0 aliphatic carbocycles. The SMILES string of the molecule is Cc1ncc(-c2ccccc2)cc1CCNCc1ccccc1Br. The van der Waals surface area contributed by atoms with Gasteiger partial charge in [-0.25, -0.2) is 0 Å². The van der Waals surface area contributed by atoms with Gasteiger partial charge in [-0.05, 0) is 48.7 Å². The molecule has 0 saturated heterocycles. The molecule has 122 valence electrons. The Morgan fingerprint density at radius 3 is 2.46 bits per heavy atom. The van der Waals surface area contributed by atoms with Crippen molar-refractivity contribution in [2.75, 3.05) is 6.54 Å². The third-order valence-corrected chi connectivity index (χ3v) is 4.92. The summed E-state index contributed by atoms with van der Waals surface area (Å²) in [5.41, 5.74) is 6.09. The quantitative estimate of drug-likeness (QED) is 0.597. The van der Waals surface area contributed by atoms with Crippen molar-refractivity contribution < 1.29 is 0 Å². The highest BCUT2D eigenvalue weighted by Crippen LogP contribution is 2.21. The summed E-state index contributed by atoms with van der Waals surface area (Å²) in [4.78, 5) is 4.57. The molecule has 0 unspecified atom stereocenters. The summed E-state index contributed by atoms with van der Waals surface area (Å²) in [5.74, 6) is 0. The lowest BCUT2D eigenvalue weighted by atomic mass is 10.0.